The van der Waals surface area contributed by atoms with E-state index in [1.807, 2.05) is 0 Å². The molecule has 0 heterocycles. The summed E-state index contributed by atoms with van der Waals surface area (Å²) in [6.45, 7) is 4.70. The van der Waals surface area contributed by atoms with E-state index in [0.717, 1.165) is 17.3 Å². The predicted molar refractivity (Wildman–Crippen MR) is 78.6 cm³/mol. The fraction of sp³-hybridized carbons (Fsp3) is 0.538. The molecule has 0 spiro atoms. The van der Waals surface area contributed by atoms with Crippen molar-refractivity contribution in [2.45, 2.75) is 37.6 Å². The Morgan fingerprint density at radius 1 is 1.28 bits per heavy atom. The molecule has 1 N–H and O–H groups in total. The van der Waals surface area contributed by atoms with Gasteiger partial charge < -0.3 is 5.32 Å². The van der Waals surface area contributed by atoms with Crippen LogP contribution in [0.3, 0.4) is 0 Å². The Bertz CT molecular complexity index is 456. The van der Waals surface area contributed by atoms with E-state index in [0.29, 0.717) is 17.5 Å². The molecular formula is C13H20BrNO2S. The Balaban J connectivity index is 2.52. The summed E-state index contributed by atoms with van der Waals surface area (Å²) in [5, 5.41) is 3.23. The van der Waals surface area contributed by atoms with Crippen molar-refractivity contribution in [3.05, 3.63) is 28.7 Å². The molecule has 0 aliphatic carbocycles. The topological polar surface area (TPSA) is 46.2 Å². The summed E-state index contributed by atoms with van der Waals surface area (Å²) in [6.07, 6.45) is 2.17. The molecule has 1 aromatic carbocycles. The van der Waals surface area contributed by atoms with Gasteiger partial charge in [0.1, 0.15) is 0 Å². The molecule has 3 nitrogen and oxygen atoms in total. The third-order valence-electron chi connectivity index (χ3n) is 2.76. The Morgan fingerprint density at radius 3 is 2.44 bits per heavy atom. The Hall–Kier alpha value is -0.390. The largest absolute Gasteiger partial charge is 0.313 e. The maximum absolute atomic E-state index is 12.0. The van der Waals surface area contributed by atoms with Crippen LogP contribution < -0.4 is 5.32 Å². The molecule has 0 aliphatic rings. The fourth-order valence-corrected chi connectivity index (χ4v) is 3.17. The zero-order valence-corrected chi connectivity index (χ0v) is 13.2. The first-order valence-electron chi connectivity index (χ1n) is 6.17. The van der Waals surface area contributed by atoms with Crippen molar-refractivity contribution >= 4 is 25.8 Å². The van der Waals surface area contributed by atoms with E-state index in [9.17, 15) is 8.42 Å². The predicted octanol–water partition coefficient (Wildman–Crippen LogP) is 3.00. The van der Waals surface area contributed by atoms with Gasteiger partial charge in [0.25, 0.3) is 0 Å². The van der Waals surface area contributed by atoms with Gasteiger partial charge in [-0.15, -0.1) is 0 Å². The molecule has 0 saturated carbocycles. The van der Waals surface area contributed by atoms with Gasteiger partial charge in [-0.05, 0) is 37.6 Å². The van der Waals surface area contributed by atoms with Crippen LogP contribution >= 0.6 is 15.9 Å². The van der Waals surface area contributed by atoms with Crippen LogP contribution in [0.4, 0.5) is 0 Å². The van der Waals surface area contributed by atoms with Gasteiger partial charge in [-0.3, -0.25) is 0 Å². The van der Waals surface area contributed by atoms with Crippen molar-refractivity contribution in [1.82, 2.24) is 5.32 Å². The van der Waals surface area contributed by atoms with Crippen molar-refractivity contribution in [2.24, 2.45) is 0 Å². The van der Waals surface area contributed by atoms with E-state index >= 15 is 0 Å². The number of benzene rings is 1. The van der Waals surface area contributed by atoms with Crippen LogP contribution in [0.15, 0.2) is 33.6 Å². The highest BCUT2D eigenvalue weighted by Crippen LogP contribution is 2.15. The molecule has 0 bridgehead atoms. The molecule has 1 unspecified atom stereocenters. The molecule has 102 valence electrons. The number of hydrogen-bond acceptors (Lipinski definition) is 3. The first-order chi connectivity index (χ1) is 8.45. The third kappa shape index (κ3) is 5.08. The molecule has 1 aromatic rings. The third-order valence-corrected chi connectivity index (χ3v) is 5.02. The summed E-state index contributed by atoms with van der Waals surface area (Å²) < 4.78 is 24.9. The maximum Gasteiger partial charge on any atom is 0.179 e. The number of hydrogen-bond donors (Lipinski definition) is 1. The second kappa shape index (κ2) is 7.26. The average Bonchev–Trinajstić information content (AvgIpc) is 2.29. The fourth-order valence-electron chi connectivity index (χ4n) is 1.73. The minimum absolute atomic E-state index is 0.142. The summed E-state index contributed by atoms with van der Waals surface area (Å²) in [7, 11) is -3.17. The highest BCUT2D eigenvalue weighted by molar-refractivity contribution is 9.10. The van der Waals surface area contributed by atoms with Crippen LogP contribution in [-0.2, 0) is 9.84 Å². The molecule has 1 rings (SSSR count). The lowest BCUT2D eigenvalue weighted by Crippen LogP contribution is -2.30. The van der Waals surface area contributed by atoms with Gasteiger partial charge in [0.15, 0.2) is 9.84 Å². The zero-order valence-electron chi connectivity index (χ0n) is 10.8. The van der Waals surface area contributed by atoms with E-state index in [1.54, 1.807) is 24.3 Å². The zero-order chi connectivity index (χ0) is 13.6. The molecule has 1 atom stereocenters. The van der Waals surface area contributed by atoms with Crippen LogP contribution in [-0.4, -0.2) is 26.8 Å². The van der Waals surface area contributed by atoms with Crippen LogP contribution in [0.1, 0.15) is 26.7 Å². The van der Waals surface area contributed by atoms with Crippen molar-refractivity contribution < 1.29 is 8.42 Å². The average molecular weight is 334 g/mol. The van der Waals surface area contributed by atoms with Crippen molar-refractivity contribution in [2.75, 3.05) is 12.3 Å². The van der Waals surface area contributed by atoms with Crippen molar-refractivity contribution in [3.63, 3.8) is 0 Å². The van der Waals surface area contributed by atoms with Crippen LogP contribution in [0.2, 0.25) is 0 Å². The molecule has 5 heteroatoms. The van der Waals surface area contributed by atoms with Crippen molar-refractivity contribution in [1.29, 1.82) is 0 Å². The van der Waals surface area contributed by atoms with Gasteiger partial charge in [0.2, 0.25) is 0 Å². The number of rotatable bonds is 7. The van der Waals surface area contributed by atoms with Gasteiger partial charge in [-0.25, -0.2) is 8.42 Å². The SMILES string of the molecule is CCCC(C)NCCS(=O)(=O)c1ccc(Br)cc1. The number of halogens is 1. The second-order valence-corrected chi connectivity index (χ2v) is 7.44. The van der Waals surface area contributed by atoms with E-state index in [-0.39, 0.29) is 5.75 Å². The summed E-state index contributed by atoms with van der Waals surface area (Å²) in [5.41, 5.74) is 0. The smallest absolute Gasteiger partial charge is 0.179 e. The van der Waals surface area contributed by atoms with Gasteiger partial charge in [0, 0.05) is 17.1 Å². The molecule has 0 aliphatic heterocycles. The molecule has 0 saturated heterocycles. The highest BCUT2D eigenvalue weighted by Gasteiger charge is 2.14. The van der Waals surface area contributed by atoms with E-state index < -0.39 is 9.84 Å². The lowest BCUT2D eigenvalue weighted by molar-refractivity contribution is 0.520. The quantitative estimate of drug-likeness (QED) is 0.834. The van der Waals surface area contributed by atoms with Gasteiger partial charge in [0.05, 0.1) is 10.6 Å². The van der Waals surface area contributed by atoms with Gasteiger partial charge >= 0.3 is 0 Å². The van der Waals surface area contributed by atoms with E-state index in [4.69, 9.17) is 0 Å². The first kappa shape index (κ1) is 15.7. The Morgan fingerprint density at radius 2 is 1.89 bits per heavy atom. The lowest BCUT2D eigenvalue weighted by Gasteiger charge is -2.12. The van der Waals surface area contributed by atoms with Gasteiger partial charge in [-0.1, -0.05) is 29.3 Å². The minimum Gasteiger partial charge on any atom is -0.313 e. The molecule has 0 aromatic heterocycles. The normalized spacial score (nSPS) is 13.5. The maximum atomic E-state index is 12.0. The monoisotopic (exact) mass is 333 g/mol. The molecule has 0 radical (unpaired) electrons. The van der Waals surface area contributed by atoms with E-state index in [2.05, 4.69) is 35.1 Å². The molecule has 0 amide bonds. The molecular weight excluding hydrogens is 314 g/mol. The van der Waals surface area contributed by atoms with Crippen LogP contribution in [0, 0.1) is 0 Å². The summed E-state index contributed by atoms with van der Waals surface area (Å²) in [5.74, 6) is 0.142. The lowest BCUT2D eigenvalue weighted by atomic mass is 10.2. The summed E-state index contributed by atoms with van der Waals surface area (Å²) in [4.78, 5) is 0.385. The molecule has 18 heavy (non-hydrogen) atoms. The minimum atomic E-state index is -3.17. The van der Waals surface area contributed by atoms with Gasteiger partial charge in [-0.2, -0.15) is 0 Å². The Labute approximate surface area is 118 Å². The number of nitrogens with one attached hydrogen (secondary N) is 1. The first-order valence-corrected chi connectivity index (χ1v) is 8.62. The van der Waals surface area contributed by atoms with Crippen LogP contribution in [0.25, 0.3) is 0 Å². The molecule has 0 fully saturated rings. The van der Waals surface area contributed by atoms with Crippen LogP contribution in [0.5, 0.6) is 0 Å². The van der Waals surface area contributed by atoms with Crippen molar-refractivity contribution in [3.8, 4) is 0 Å². The Kier molecular flexibility index (Phi) is 6.32. The summed E-state index contributed by atoms with van der Waals surface area (Å²) >= 11 is 3.29. The standard InChI is InChI=1S/C13H20BrNO2S/c1-3-4-11(2)15-9-10-18(16,17)13-7-5-12(14)6-8-13/h5-8,11,15H,3-4,9-10H2,1-2H3. The van der Waals surface area contributed by atoms with E-state index in [1.165, 1.54) is 0 Å². The number of sulfone groups is 1. The summed E-state index contributed by atoms with van der Waals surface area (Å²) in [6, 6.07) is 7.14. The second-order valence-electron chi connectivity index (χ2n) is 4.42. The highest BCUT2D eigenvalue weighted by atomic mass is 79.9.